The van der Waals surface area contributed by atoms with E-state index in [1.54, 1.807) is 12.1 Å². The van der Waals surface area contributed by atoms with Crippen molar-refractivity contribution in [3.63, 3.8) is 0 Å². The molecule has 0 aromatic heterocycles. The van der Waals surface area contributed by atoms with E-state index in [-0.39, 0.29) is 10.9 Å². The molecule has 0 aliphatic carbocycles. The number of hydrogen-bond acceptors (Lipinski definition) is 5. The van der Waals surface area contributed by atoms with Crippen molar-refractivity contribution in [3.8, 4) is 11.5 Å². The first kappa shape index (κ1) is 18.3. The fourth-order valence-corrected chi connectivity index (χ4v) is 4.66. The molecule has 0 saturated heterocycles. The van der Waals surface area contributed by atoms with E-state index in [0.29, 0.717) is 31.3 Å². The molecule has 7 heteroatoms. The Hall–Kier alpha value is -2.09. The Morgan fingerprint density at radius 1 is 1.07 bits per heavy atom. The molecule has 0 bridgehead atoms. The second-order valence-electron chi connectivity index (χ2n) is 7.00. The second-order valence-corrected chi connectivity index (χ2v) is 8.76. The van der Waals surface area contributed by atoms with Crippen LogP contribution in [0.5, 0.6) is 11.5 Å². The van der Waals surface area contributed by atoms with Crippen LogP contribution in [0.2, 0.25) is 0 Å². The first-order valence-corrected chi connectivity index (χ1v) is 10.7. The van der Waals surface area contributed by atoms with Crippen molar-refractivity contribution in [1.29, 1.82) is 0 Å². The summed E-state index contributed by atoms with van der Waals surface area (Å²) in [7, 11) is -3.60. The molecule has 0 saturated carbocycles. The largest absolute Gasteiger partial charge is 0.486 e. The maximum atomic E-state index is 12.7. The highest BCUT2D eigenvalue weighted by Gasteiger charge is 2.23. The molecule has 4 rings (SSSR count). The summed E-state index contributed by atoms with van der Waals surface area (Å²) >= 11 is 0. The van der Waals surface area contributed by atoms with Gasteiger partial charge in [-0.2, -0.15) is 0 Å². The van der Waals surface area contributed by atoms with Gasteiger partial charge in [0.15, 0.2) is 11.5 Å². The van der Waals surface area contributed by atoms with Crippen molar-refractivity contribution in [1.82, 2.24) is 9.62 Å². The Morgan fingerprint density at radius 2 is 1.81 bits per heavy atom. The van der Waals surface area contributed by atoms with E-state index in [1.807, 2.05) is 0 Å². The summed E-state index contributed by atoms with van der Waals surface area (Å²) in [6, 6.07) is 13.3. The summed E-state index contributed by atoms with van der Waals surface area (Å²) in [5.74, 6) is 1.06. The van der Waals surface area contributed by atoms with Gasteiger partial charge in [-0.3, -0.25) is 4.90 Å². The van der Waals surface area contributed by atoms with Crippen molar-refractivity contribution in [3.05, 3.63) is 53.6 Å². The number of fused-ring (bicyclic) bond motifs is 2. The lowest BCUT2D eigenvalue weighted by molar-refractivity contribution is 0.171. The van der Waals surface area contributed by atoms with E-state index in [0.717, 1.165) is 19.5 Å². The summed E-state index contributed by atoms with van der Waals surface area (Å²) in [5, 5.41) is 0. The Bertz CT molecular complexity index is 929. The van der Waals surface area contributed by atoms with Crippen LogP contribution in [0.3, 0.4) is 0 Å². The number of nitrogens with one attached hydrogen (secondary N) is 1. The molecule has 6 nitrogen and oxygen atoms in total. The fourth-order valence-electron chi connectivity index (χ4n) is 3.53. The molecular weight excluding hydrogens is 364 g/mol. The van der Waals surface area contributed by atoms with Crippen LogP contribution in [0.15, 0.2) is 47.4 Å². The number of rotatable bonds is 5. The number of benzene rings is 2. The minimum atomic E-state index is -3.60. The summed E-state index contributed by atoms with van der Waals surface area (Å²) in [4.78, 5) is 2.51. The quantitative estimate of drug-likeness (QED) is 0.850. The van der Waals surface area contributed by atoms with E-state index < -0.39 is 10.0 Å². The summed E-state index contributed by atoms with van der Waals surface area (Å²) in [5.41, 5.74) is 2.71. The van der Waals surface area contributed by atoms with Crippen LogP contribution < -0.4 is 14.2 Å². The third-order valence-electron chi connectivity index (χ3n) is 5.18. The van der Waals surface area contributed by atoms with Crippen molar-refractivity contribution < 1.29 is 17.9 Å². The molecule has 27 heavy (non-hydrogen) atoms. The summed E-state index contributed by atoms with van der Waals surface area (Å²) in [6.07, 6.45) is 0.995. The van der Waals surface area contributed by atoms with Crippen molar-refractivity contribution in [2.75, 3.05) is 26.3 Å². The maximum Gasteiger partial charge on any atom is 0.240 e. The molecule has 0 spiro atoms. The molecule has 0 fully saturated rings. The van der Waals surface area contributed by atoms with Crippen LogP contribution >= 0.6 is 0 Å². The van der Waals surface area contributed by atoms with Gasteiger partial charge < -0.3 is 9.47 Å². The molecule has 2 heterocycles. The molecule has 2 aliphatic rings. The highest BCUT2D eigenvalue weighted by atomic mass is 32.2. The number of sulfonamides is 1. The molecule has 1 N–H and O–H groups in total. The van der Waals surface area contributed by atoms with Gasteiger partial charge in [-0.05, 0) is 36.6 Å². The van der Waals surface area contributed by atoms with Gasteiger partial charge in [0.2, 0.25) is 10.0 Å². The Balaban J connectivity index is 1.40. The van der Waals surface area contributed by atoms with Gasteiger partial charge >= 0.3 is 0 Å². The van der Waals surface area contributed by atoms with Crippen molar-refractivity contribution in [2.24, 2.45) is 0 Å². The topological polar surface area (TPSA) is 67.9 Å². The lowest BCUT2D eigenvalue weighted by atomic mass is 9.99. The van der Waals surface area contributed by atoms with Crippen LogP contribution in [0.25, 0.3) is 0 Å². The molecular formula is C20H24N2O4S. The van der Waals surface area contributed by atoms with Gasteiger partial charge in [-0.15, -0.1) is 0 Å². The minimum Gasteiger partial charge on any atom is -0.486 e. The van der Waals surface area contributed by atoms with Gasteiger partial charge in [-0.1, -0.05) is 24.3 Å². The van der Waals surface area contributed by atoms with Gasteiger partial charge in [0.1, 0.15) is 13.2 Å². The maximum absolute atomic E-state index is 12.7. The monoisotopic (exact) mass is 388 g/mol. The van der Waals surface area contributed by atoms with Crippen molar-refractivity contribution in [2.45, 2.75) is 30.8 Å². The van der Waals surface area contributed by atoms with E-state index in [2.05, 4.69) is 40.8 Å². The van der Waals surface area contributed by atoms with E-state index >= 15 is 0 Å². The zero-order valence-corrected chi connectivity index (χ0v) is 16.2. The Morgan fingerprint density at radius 3 is 2.63 bits per heavy atom. The van der Waals surface area contributed by atoms with E-state index in [4.69, 9.17) is 9.47 Å². The highest BCUT2D eigenvalue weighted by molar-refractivity contribution is 7.89. The molecule has 1 unspecified atom stereocenters. The Kier molecular flexibility index (Phi) is 5.08. The van der Waals surface area contributed by atoms with Crippen LogP contribution in [0.1, 0.15) is 18.1 Å². The molecule has 144 valence electrons. The van der Waals surface area contributed by atoms with Crippen LogP contribution in [0, 0.1) is 0 Å². The fraction of sp³-hybridized carbons (Fsp3) is 0.400. The lowest BCUT2D eigenvalue weighted by Gasteiger charge is -2.33. The smallest absolute Gasteiger partial charge is 0.240 e. The Labute approximate surface area is 160 Å². The average molecular weight is 388 g/mol. The van der Waals surface area contributed by atoms with Gasteiger partial charge in [0.05, 0.1) is 4.90 Å². The van der Waals surface area contributed by atoms with Crippen LogP contribution in [-0.2, 0) is 23.0 Å². The van der Waals surface area contributed by atoms with Gasteiger partial charge in [0, 0.05) is 31.7 Å². The number of hydrogen-bond donors (Lipinski definition) is 1. The number of ether oxygens (including phenoxy) is 2. The zero-order valence-electron chi connectivity index (χ0n) is 15.3. The van der Waals surface area contributed by atoms with Gasteiger partial charge in [-0.25, -0.2) is 13.1 Å². The van der Waals surface area contributed by atoms with Crippen LogP contribution in [0.4, 0.5) is 0 Å². The van der Waals surface area contributed by atoms with Gasteiger partial charge in [0.25, 0.3) is 0 Å². The first-order valence-electron chi connectivity index (χ1n) is 9.23. The van der Waals surface area contributed by atoms with E-state index in [1.165, 1.54) is 17.2 Å². The molecule has 1 atom stereocenters. The normalized spacial score (nSPS) is 18.0. The minimum absolute atomic E-state index is 0.102. The predicted molar refractivity (Wildman–Crippen MR) is 103 cm³/mol. The highest BCUT2D eigenvalue weighted by Crippen LogP contribution is 2.32. The molecule has 2 aliphatic heterocycles. The second kappa shape index (κ2) is 7.50. The summed E-state index contributed by atoms with van der Waals surface area (Å²) in [6.45, 7) is 5.11. The number of nitrogens with zero attached hydrogens (tertiary/aromatic N) is 1. The first-order chi connectivity index (χ1) is 13.0. The molecule has 0 radical (unpaired) electrons. The predicted octanol–water partition coefficient (Wildman–Crippen LogP) is 2.18. The standard InChI is InChI=1S/C20H24N2O4S/c1-15(22-9-8-16-4-2-3-5-17(16)14-22)13-21-27(23,24)18-6-7-19-20(12-18)26-11-10-25-19/h2-7,12,15,21H,8-11,13-14H2,1H3. The SMILES string of the molecule is CC(CNS(=O)(=O)c1ccc2c(c1)OCCO2)N1CCc2ccccc2C1. The summed E-state index contributed by atoms with van der Waals surface area (Å²) < 4.78 is 39.0. The zero-order chi connectivity index (χ0) is 18.9. The molecule has 2 aromatic rings. The average Bonchev–Trinajstić information content (AvgIpc) is 2.71. The molecule has 0 amide bonds. The van der Waals surface area contributed by atoms with Crippen molar-refractivity contribution >= 4 is 10.0 Å². The lowest BCUT2D eigenvalue weighted by Crippen LogP contribution is -2.44. The van der Waals surface area contributed by atoms with Crippen LogP contribution in [-0.4, -0.2) is 45.7 Å². The third-order valence-corrected chi connectivity index (χ3v) is 6.60. The molecule has 2 aromatic carbocycles. The van der Waals surface area contributed by atoms with E-state index in [9.17, 15) is 8.42 Å². The third kappa shape index (κ3) is 3.95.